The minimum atomic E-state index is -0.547. The molecule has 2 aliphatic carbocycles. The van der Waals surface area contributed by atoms with Gasteiger partial charge >= 0.3 is 0 Å². The van der Waals surface area contributed by atoms with Crippen LogP contribution in [0.25, 0.3) is 0 Å². The van der Waals surface area contributed by atoms with Crippen molar-refractivity contribution in [2.75, 3.05) is 0 Å². The van der Waals surface area contributed by atoms with Gasteiger partial charge in [0.15, 0.2) is 0 Å². The first-order chi connectivity index (χ1) is 7.67. The van der Waals surface area contributed by atoms with Gasteiger partial charge in [0.05, 0.1) is 5.54 Å². The smallest absolute Gasteiger partial charge is 0.240 e. The van der Waals surface area contributed by atoms with Gasteiger partial charge in [0.25, 0.3) is 0 Å². The second-order valence-electron chi connectivity index (χ2n) is 5.00. The van der Waals surface area contributed by atoms with Gasteiger partial charge in [-0.3, -0.25) is 4.79 Å². The fourth-order valence-electron chi connectivity index (χ4n) is 2.35. The Hall–Kier alpha value is -1.06. The Morgan fingerprint density at radius 2 is 1.76 bits per heavy atom. The van der Waals surface area contributed by atoms with Crippen LogP contribution in [0.15, 0.2) is 24.3 Å². The minimum Gasteiger partial charge on any atom is -0.351 e. The number of hydrogen-bond donors (Lipinski definition) is 2. The number of nitrogens with two attached hydrogens (primary N) is 1. The normalized spacial score (nSPS) is 20.3. The maximum Gasteiger partial charge on any atom is 0.240 e. The average Bonchev–Trinajstić information content (AvgIpc) is 2.90. The van der Waals surface area contributed by atoms with Crippen LogP contribution in [0.1, 0.15) is 24.0 Å². The molecule has 1 amide bonds. The lowest BCUT2D eigenvalue weighted by atomic mass is 10.1. The summed E-state index contributed by atoms with van der Waals surface area (Å²) >= 11 is 0. The zero-order valence-electron chi connectivity index (χ0n) is 9.61. The SMILES string of the molecule is Cl.NC1(C(=O)NC2Cc3ccccc3C2)CC1. The van der Waals surface area contributed by atoms with E-state index in [9.17, 15) is 4.79 Å². The largest absolute Gasteiger partial charge is 0.351 e. The molecule has 0 heterocycles. The molecule has 0 radical (unpaired) electrons. The van der Waals surface area contributed by atoms with Crippen LogP contribution in [0, 0.1) is 0 Å². The molecule has 1 saturated carbocycles. The van der Waals surface area contributed by atoms with E-state index in [-0.39, 0.29) is 24.4 Å². The van der Waals surface area contributed by atoms with E-state index in [4.69, 9.17) is 5.73 Å². The Kier molecular flexibility index (Phi) is 3.15. The third kappa shape index (κ3) is 2.31. The van der Waals surface area contributed by atoms with Gasteiger partial charge in [-0.2, -0.15) is 0 Å². The summed E-state index contributed by atoms with van der Waals surface area (Å²) in [6.45, 7) is 0. The number of halogens is 1. The highest BCUT2D eigenvalue weighted by atomic mass is 35.5. The summed E-state index contributed by atoms with van der Waals surface area (Å²) in [6, 6.07) is 8.61. The third-order valence-corrected chi connectivity index (χ3v) is 3.63. The summed E-state index contributed by atoms with van der Waals surface area (Å²) in [5, 5.41) is 3.06. The van der Waals surface area contributed by atoms with Crippen molar-refractivity contribution >= 4 is 18.3 Å². The summed E-state index contributed by atoms with van der Waals surface area (Å²) in [4.78, 5) is 11.8. The minimum absolute atomic E-state index is 0. The molecule has 1 aromatic rings. The van der Waals surface area contributed by atoms with Crippen LogP contribution < -0.4 is 11.1 Å². The van der Waals surface area contributed by atoms with Crippen LogP contribution in [0.3, 0.4) is 0 Å². The number of carbonyl (C=O) groups excluding carboxylic acids is 1. The monoisotopic (exact) mass is 252 g/mol. The molecule has 3 rings (SSSR count). The van der Waals surface area contributed by atoms with Crippen LogP contribution in [0.4, 0.5) is 0 Å². The molecule has 0 aromatic heterocycles. The number of carbonyl (C=O) groups is 1. The lowest BCUT2D eigenvalue weighted by Gasteiger charge is -2.15. The molecule has 0 bridgehead atoms. The van der Waals surface area contributed by atoms with Gasteiger partial charge in [-0.05, 0) is 36.8 Å². The van der Waals surface area contributed by atoms with Crippen molar-refractivity contribution < 1.29 is 4.79 Å². The van der Waals surface area contributed by atoms with Crippen molar-refractivity contribution in [3.05, 3.63) is 35.4 Å². The predicted octanol–water partition coefficient (Wildman–Crippen LogP) is 1.18. The molecule has 1 aromatic carbocycles. The Morgan fingerprint density at radius 1 is 1.24 bits per heavy atom. The molecular weight excluding hydrogens is 236 g/mol. The van der Waals surface area contributed by atoms with Crippen LogP contribution in [-0.2, 0) is 17.6 Å². The number of benzene rings is 1. The Bertz CT molecular complexity index is 418. The number of hydrogen-bond acceptors (Lipinski definition) is 2. The van der Waals surface area contributed by atoms with E-state index in [2.05, 4.69) is 17.4 Å². The quantitative estimate of drug-likeness (QED) is 0.831. The zero-order valence-corrected chi connectivity index (χ0v) is 10.4. The van der Waals surface area contributed by atoms with Gasteiger partial charge in [-0.15, -0.1) is 12.4 Å². The number of fused-ring (bicyclic) bond motifs is 1. The lowest BCUT2D eigenvalue weighted by Crippen LogP contribution is -2.47. The molecule has 0 saturated heterocycles. The molecule has 3 N–H and O–H groups in total. The molecule has 1 fully saturated rings. The first-order valence-corrected chi connectivity index (χ1v) is 5.84. The summed E-state index contributed by atoms with van der Waals surface area (Å²) in [6.07, 6.45) is 3.55. The molecule has 2 aliphatic rings. The van der Waals surface area contributed by atoms with Crippen molar-refractivity contribution in [2.45, 2.75) is 37.3 Å². The van der Waals surface area contributed by atoms with Crippen molar-refractivity contribution in [2.24, 2.45) is 5.73 Å². The summed E-state index contributed by atoms with van der Waals surface area (Å²) in [5.41, 5.74) is 8.03. The molecule has 17 heavy (non-hydrogen) atoms. The first kappa shape index (κ1) is 12.4. The summed E-state index contributed by atoms with van der Waals surface area (Å²) < 4.78 is 0. The van der Waals surface area contributed by atoms with Gasteiger partial charge in [-0.25, -0.2) is 0 Å². The average molecular weight is 253 g/mol. The standard InChI is InChI=1S/C13H16N2O.ClH/c14-13(5-6-13)12(16)15-11-7-9-3-1-2-4-10(9)8-11;/h1-4,11H,5-8,14H2,(H,15,16);1H. The fraction of sp³-hybridized carbons (Fsp3) is 0.462. The summed E-state index contributed by atoms with van der Waals surface area (Å²) in [7, 11) is 0. The maximum atomic E-state index is 11.8. The fourth-order valence-corrected chi connectivity index (χ4v) is 2.35. The van der Waals surface area contributed by atoms with Crippen molar-refractivity contribution in [1.82, 2.24) is 5.32 Å². The lowest BCUT2D eigenvalue weighted by molar-refractivity contribution is -0.123. The predicted molar refractivity (Wildman–Crippen MR) is 69.2 cm³/mol. The number of nitrogens with one attached hydrogen (secondary N) is 1. The highest BCUT2D eigenvalue weighted by Gasteiger charge is 2.46. The van der Waals surface area contributed by atoms with Gasteiger partial charge in [0, 0.05) is 6.04 Å². The second kappa shape index (κ2) is 4.31. The Labute approximate surface area is 107 Å². The van der Waals surface area contributed by atoms with E-state index >= 15 is 0 Å². The molecule has 4 heteroatoms. The number of amides is 1. The molecule has 92 valence electrons. The van der Waals surface area contributed by atoms with Crippen molar-refractivity contribution in [3.8, 4) is 0 Å². The van der Waals surface area contributed by atoms with Gasteiger partial charge in [0.1, 0.15) is 0 Å². The highest BCUT2D eigenvalue weighted by Crippen LogP contribution is 2.33. The van der Waals surface area contributed by atoms with Gasteiger partial charge in [-0.1, -0.05) is 24.3 Å². The summed E-state index contributed by atoms with van der Waals surface area (Å²) in [5.74, 6) is 0.0327. The van der Waals surface area contributed by atoms with Gasteiger partial charge < -0.3 is 11.1 Å². The van der Waals surface area contributed by atoms with Crippen LogP contribution >= 0.6 is 12.4 Å². The van der Waals surface area contributed by atoms with Crippen molar-refractivity contribution in [3.63, 3.8) is 0 Å². The highest BCUT2D eigenvalue weighted by molar-refractivity contribution is 5.89. The van der Waals surface area contributed by atoms with E-state index in [0.29, 0.717) is 0 Å². The first-order valence-electron chi connectivity index (χ1n) is 5.84. The Balaban J connectivity index is 0.00000108. The Morgan fingerprint density at radius 3 is 2.24 bits per heavy atom. The molecule has 0 unspecified atom stereocenters. The molecule has 0 spiro atoms. The van der Waals surface area contributed by atoms with E-state index in [1.54, 1.807) is 0 Å². The topological polar surface area (TPSA) is 55.1 Å². The van der Waals surface area contributed by atoms with Crippen LogP contribution in [0.2, 0.25) is 0 Å². The third-order valence-electron chi connectivity index (χ3n) is 3.63. The van der Waals surface area contributed by atoms with Crippen LogP contribution in [0.5, 0.6) is 0 Å². The zero-order chi connectivity index (χ0) is 11.2. The number of rotatable bonds is 2. The molecule has 0 atom stereocenters. The molecule has 3 nitrogen and oxygen atoms in total. The van der Waals surface area contributed by atoms with E-state index in [0.717, 1.165) is 25.7 Å². The van der Waals surface area contributed by atoms with Crippen molar-refractivity contribution in [1.29, 1.82) is 0 Å². The maximum absolute atomic E-state index is 11.8. The molecular formula is C13H17ClN2O. The van der Waals surface area contributed by atoms with E-state index in [1.165, 1.54) is 11.1 Å². The van der Waals surface area contributed by atoms with E-state index < -0.39 is 5.54 Å². The van der Waals surface area contributed by atoms with Gasteiger partial charge in [0.2, 0.25) is 5.91 Å². The van der Waals surface area contributed by atoms with Crippen LogP contribution in [-0.4, -0.2) is 17.5 Å². The second-order valence-corrected chi connectivity index (χ2v) is 5.00. The molecule has 0 aliphatic heterocycles. The van der Waals surface area contributed by atoms with E-state index in [1.807, 2.05) is 12.1 Å².